The molecule has 0 saturated carbocycles. The first-order chi connectivity index (χ1) is 8.71. The average molecular weight is 273 g/mol. The average Bonchev–Trinajstić information content (AvgIpc) is 2.61. The third kappa shape index (κ3) is 4.74. The Hall–Kier alpha value is -1.83. The predicted molar refractivity (Wildman–Crippen MR) is 65.3 cm³/mol. The molecule has 1 rings (SSSR count). The molecule has 0 aromatic heterocycles. The number of carbonyl (C=O) groups is 3. The number of ether oxygens (including phenoxy) is 1. The van der Waals surface area contributed by atoms with Gasteiger partial charge in [0, 0.05) is 12.0 Å². The van der Waals surface area contributed by atoms with E-state index in [1.807, 2.05) is 0 Å². The molecule has 0 aromatic rings. The Morgan fingerprint density at radius 1 is 1.37 bits per heavy atom. The summed E-state index contributed by atoms with van der Waals surface area (Å²) < 4.78 is 5.03. The van der Waals surface area contributed by atoms with Crippen LogP contribution < -0.4 is 16.4 Å². The number of urea groups is 1. The van der Waals surface area contributed by atoms with E-state index in [0.717, 1.165) is 0 Å². The Bertz CT molecular complexity index is 383. The summed E-state index contributed by atoms with van der Waals surface area (Å²) >= 11 is 0. The van der Waals surface area contributed by atoms with E-state index >= 15 is 0 Å². The van der Waals surface area contributed by atoms with Crippen LogP contribution in [0, 0.1) is 5.92 Å². The number of carbonyl (C=O) groups excluding carboxylic acids is 2. The number of hydrogen-bond acceptors (Lipinski definition) is 4. The van der Waals surface area contributed by atoms with E-state index in [1.165, 1.54) is 0 Å². The highest BCUT2D eigenvalue weighted by Gasteiger charge is 2.35. The van der Waals surface area contributed by atoms with Crippen LogP contribution in [0.15, 0.2) is 0 Å². The Kier molecular flexibility index (Phi) is 4.71. The molecule has 2 unspecified atom stereocenters. The fourth-order valence-corrected chi connectivity index (χ4v) is 1.93. The maximum Gasteiger partial charge on any atom is 0.315 e. The Morgan fingerprint density at radius 3 is 2.53 bits per heavy atom. The van der Waals surface area contributed by atoms with Crippen molar-refractivity contribution in [1.82, 2.24) is 10.6 Å². The lowest BCUT2D eigenvalue weighted by molar-refractivity contribution is -0.142. The highest BCUT2D eigenvalue weighted by atomic mass is 16.5. The minimum atomic E-state index is -1.01. The molecular formula is C11H19N3O5. The maximum absolute atomic E-state index is 11.7. The molecule has 0 aliphatic carbocycles. The van der Waals surface area contributed by atoms with Gasteiger partial charge in [0.2, 0.25) is 5.91 Å². The fourth-order valence-electron chi connectivity index (χ4n) is 1.93. The molecule has 0 radical (unpaired) electrons. The summed E-state index contributed by atoms with van der Waals surface area (Å²) in [5.74, 6) is -2.30. The van der Waals surface area contributed by atoms with Gasteiger partial charge in [-0.05, 0) is 13.8 Å². The summed E-state index contributed by atoms with van der Waals surface area (Å²) in [6.45, 7) is 3.53. The van der Waals surface area contributed by atoms with Crippen molar-refractivity contribution < 1.29 is 24.2 Å². The van der Waals surface area contributed by atoms with E-state index in [9.17, 15) is 14.4 Å². The van der Waals surface area contributed by atoms with Crippen molar-refractivity contribution in [2.45, 2.75) is 31.8 Å². The molecule has 1 heterocycles. The van der Waals surface area contributed by atoms with Gasteiger partial charge >= 0.3 is 12.0 Å². The molecule has 1 aliphatic heterocycles. The topological polar surface area (TPSA) is 131 Å². The number of rotatable bonds is 5. The van der Waals surface area contributed by atoms with Crippen molar-refractivity contribution >= 4 is 17.9 Å². The monoisotopic (exact) mass is 273 g/mol. The standard InChI is InChI=1S/C11H19N3O5/c1-11(2,3-8(12)15)14-10(18)13-7-5-19-4-6(7)9(16)17/h6-7H,3-5H2,1-2H3,(H2,12,15)(H,16,17)(H2,13,14,18). The summed E-state index contributed by atoms with van der Waals surface area (Å²) in [6, 6.07) is -1.13. The van der Waals surface area contributed by atoms with Crippen LogP contribution in [0.2, 0.25) is 0 Å². The van der Waals surface area contributed by atoms with Gasteiger partial charge in [-0.2, -0.15) is 0 Å². The SMILES string of the molecule is CC(C)(CC(N)=O)NC(=O)NC1COCC1C(=O)O. The molecule has 2 atom stereocenters. The molecule has 1 saturated heterocycles. The Morgan fingerprint density at radius 2 is 2.00 bits per heavy atom. The number of aliphatic carboxylic acids is 1. The number of nitrogens with two attached hydrogens (primary N) is 1. The van der Waals surface area contributed by atoms with Crippen LogP contribution in [0.25, 0.3) is 0 Å². The first-order valence-corrected chi connectivity index (χ1v) is 5.89. The summed E-state index contributed by atoms with van der Waals surface area (Å²) in [7, 11) is 0. The number of primary amides is 1. The fraction of sp³-hybridized carbons (Fsp3) is 0.727. The first kappa shape index (κ1) is 15.2. The van der Waals surface area contributed by atoms with Crippen molar-refractivity contribution in [3.8, 4) is 0 Å². The van der Waals surface area contributed by atoms with Crippen LogP contribution >= 0.6 is 0 Å². The summed E-state index contributed by atoms with van der Waals surface area (Å²) in [4.78, 5) is 33.5. The van der Waals surface area contributed by atoms with E-state index in [-0.39, 0.29) is 19.6 Å². The second kappa shape index (κ2) is 5.87. The number of carboxylic acids is 1. The van der Waals surface area contributed by atoms with Gasteiger partial charge < -0.3 is 26.2 Å². The molecule has 8 nitrogen and oxygen atoms in total. The van der Waals surface area contributed by atoms with Crippen LogP contribution in [0.5, 0.6) is 0 Å². The molecule has 108 valence electrons. The summed E-state index contributed by atoms with van der Waals surface area (Å²) in [5, 5.41) is 14.0. The Balaban J connectivity index is 2.51. The van der Waals surface area contributed by atoms with Gasteiger partial charge in [-0.3, -0.25) is 9.59 Å². The van der Waals surface area contributed by atoms with Crippen LogP contribution in [0.3, 0.4) is 0 Å². The lowest BCUT2D eigenvalue weighted by Crippen LogP contribution is -2.54. The molecule has 1 aliphatic rings. The van der Waals surface area contributed by atoms with Crippen LogP contribution in [-0.2, 0) is 14.3 Å². The zero-order valence-corrected chi connectivity index (χ0v) is 10.9. The van der Waals surface area contributed by atoms with Gasteiger partial charge in [0.1, 0.15) is 5.92 Å². The highest BCUT2D eigenvalue weighted by Crippen LogP contribution is 2.14. The second-order valence-electron chi connectivity index (χ2n) is 5.21. The van der Waals surface area contributed by atoms with Gasteiger partial charge in [-0.15, -0.1) is 0 Å². The van der Waals surface area contributed by atoms with Crippen molar-refractivity contribution in [1.29, 1.82) is 0 Å². The predicted octanol–water partition coefficient (Wildman–Crippen LogP) is -0.961. The summed E-state index contributed by atoms with van der Waals surface area (Å²) in [6.07, 6.45) is -0.00997. The van der Waals surface area contributed by atoms with Crippen molar-refractivity contribution in [3.63, 3.8) is 0 Å². The molecule has 5 N–H and O–H groups in total. The van der Waals surface area contributed by atoms with Crippen molar-refractivity contribution in [2.24, 2.45) is 11.7 Å². The van der Waals surface area contributed by atoms with Gasteiger partial charge in [0.05, 0.1) is 19.3 Å². The highest BCUT2D eigenvalue weighted by molar-refractivity contribution is 5.79. The van der Waals surface area contributed by atoms with Gasteiger partial charge in [0.25, 0.3) is 0 Å². The number of nitrogens with one attached hydrogen (secondary N) is 2. The second-order valence-corrected chi connectivity index (χ2v) is 5.21. The molecule has 0 aromatic carbocycles. The van der Waals surface area contributed by atoms with Gasteiger partial charge in [-0.1, -0.05) is 0 Å². The van der Waals surface area contributed by atoms with Crippen LogP contribution in [0.4, 0.5) is 4.79 Å². The smallest absolute Gasteiger partial charge is 0.315 e. The molecule has 3 amide bonds. The largest absolute Gasteiger partial charge is 0.481 e. The van der Waals surface area contributed by atoms with E-state index in [0.29, 0.717) is 0 Å². The van der Waals surface area contributed by atoms with Crippen LogP contribution in [-0.4, -0.2) is 47.8 Å². The van der Waals surface area contributed by atoms with E-state index < -0.39 is 35.4 Å². The minimum absolute atomic E-state index is 0.00997. The minimum Gasteiger partial charge on any atom is -0.481 e. The third-order valence-electron chi connectivity index (χ3n) is 2.78. The number of hydrogen-bond donors (Lipinski definition) is 4. The number of amides is 3. The zero-order chi connectivity index (χ0) is 14.6. The number of carboxylic acid groups (broad SMARTS) is 1. The molecule has 8 heteroatoms. The normalized spacial score (nSPS) is 22.8. The molecule has 1 fully saturated rings. The molecule has 0 spiro atoms. The van der Waals surface area contributed by atoms with Gasteiger partial charge in [0.15, 0.2) is 0 Å². The first-order valence-electron chi connectivity index (χ1n) is 5.89. The quantitative estimate of drug-likeness (QED) is 0.512. The van der Waals surface area contributed by atoms with E-state index in [4.69, 9.17) is 15.6 Å². The molecule has 19 heavy (non-hydrogen) atoms. The maximum atomic E-state index is 11.7. The van der Waals surface area contributed by atoms with Gasteiger partial charge in [-0.25, -0.2) is 4.79 Å². The third-order valence-corrected chi connectivity index (χ3v) is 2.78. The molecular weight excluding hydrogens is 254 g/mol. The zero-order valence-electron chi connectivity index (χ0n) is 10.9. The molecule has 0 bridgehead atoms. The van der Waals surface area contributed by atoms with Crippen molar-refractivity contribution in [2.75, 3.05) is 13.2 Å². The van der Waals surface area contributed by atoms with E-state index in [1.54, 1.807) is 13.8 Å². The lowest BCUT2D eigenvalue weighted by Gasteiger charge is -2.26. The Labute approximate surface area is 110 Å². The van der Waals surface area contributed by atoms with Crippen LogP contribution in [0.1, 0.15) is 20.3 Å². The lowest BCUT2D eigenvalue weighted by atomic mass is 10.0. The summed E-state index contributed by atoms with van der Waals surface area (Å²) in [5.41, 5.74) is 4.27. The van der Waals surface area contributed by atoms with E-state index in [2.05, 4.69) is 10.6 Å². The van der Waals surface area contributed by atoms with Crippen molar-refractivity contribution in [3.05, 3.63) is 0 Å².